The third kappa shape index (κ3) is 4.69. The van der Waals surface area contributed by atoms with Crippen LogP contribution in [0.3, 0.4) is 0 Å². The van der Waals surface area contributed by atoms with Crippen LogP contribution in [0.5, 0.6) is 0 Å². The third-order valence-corrected chi connectivity index (χ3v) is 4.02. The molecule has 1 nitrogen and oxygen atoms in total. The van der Waals surface area contributed by atoms with E-state index in [1.807, 2.05) is 0 Å². The minimum Gasteiger partial charge on any atom is -0.286 e. The van der Waals surface area contributed by atoms with Gasteiger partial charge in [0.05, 0.1) is 6.04 Å². The Morgan fingerprint density at radius 2 is 1.80 bits per heavy atom. The summed E-state index contributed by atoms with van der Waals surface area (Å²) in [4.78, 5) is 2.54. The first-order chi connectivity index (χ1) is 9.92. The molecule has 0 saturated carbocycles. The number of hydrogen-bond donors (Lipinski definition) is 0. The monoisotopic (exact) mass is 269 g/mol. The molecule has 1 fully saturated rings. The number of unbranched alkanes of at least 4 members (excludes halogenated alkanes) is 4. The van der Waals surface area contributed by atoms with E-state index in [4.69, 9.17) is 0 Å². The normalized spacial score (nSPS) is 16.6. The molecule has 1 heterocycles. The maximum atomic E-state index is 3.53. The molecule has 1 aliphatic heterocycles. The summed E-state index contributed by atoms with van der Waals surface area (Å²) in [6.45, 7) is 4.65. The minimum absolute atomic E-state index is 0.310. The van der Waals surface area contributed by atoms with E-state index in [1.165, 1.54) is 57.2 Å². The maximum Gasteiger partial charge on any atom is 0.0970 e. The van der Waals surface area contributed by atoms with Crippen molar-refractivity contribution >= 4 is 0 Å². The molecule has 2 rings (SSSR count). The van der Waals surface area contributed by atoms with Crippen LogP contribution in [0.25, 0.3) is 0 Å². The Bertz CT molecular complexity index is 420. The van der Waals surface area contributed by atoms with Gasteiger partial charge in [-0.25, -0.2) is 0 Å². The Hall–Kier alpha value is -1.26. The van der Waals surface area contributed by atoms with Crippen molar-refractivity contribution in [3.8, 4) is 11.8 Å². The van der Waals surface area contributed by atoms with Crippen molar-refractivity contribution in [3.05, 3.63) is 35.9 Å². The second-order valence-corrected chi connectivity index (χ2v) is 5.69. The van der Waals surface area contributed by atoms with Gasteiger partial charge in [0.2, 0.25) is 0 Å². The summed E-state index contributed by atoms with van der Waals surface area (Å²) in [7, 11) is 0. The van der Waals surface area contributed by atoms with Gasteiger partial charge < -0.3 is 0 Å². The standard InChI is InChI=1S/C19H27N/c1-2-3-4-5-6-10-15-19(20-16-11-12-17-20)18-13-8-7-9-14-18/h7-9,13-14,19H,2-6,11-12,16-17H2,1H3. The molecule has 0 aromatic heterocycles. The molecule has 20 heavy (non-hydrogen) atoms. The molecule has 1 atom stereocenters. The van der Waals surface area contributed by atoms with E-state index in [-0.39, 0.29) is 0 Å². The predicted molar refractivity (Wildman–Crippen MR) is 86.5 cm³/mol. The van der Waals surface area contributed by atoms with Crippen molar-refractivity contribution in [3.63, 3.8) is 0 Å². The number of nitrogens with zero attached hydrogens (tertiary/aromatic N) is 1. The first-order valence-corrected chi connectivity index (χ1v) is 8.19. The molecule has 0 amide bonds. The predicted octanol–water partition coefficient (Wildman–Crippen LogP) is 4.80. The topological polar surface area (TPSA) is 3.24 Å². The highest BCUT2D eigenvalue weighted by Gasteiger charge is 2.21. The largest absolute Gasteiger partial charge is 0.286 e. The van der Waals surface area contributed by atoms with Crippen molar-refractivity contribution in [1.29, 1.82) is 0 Å². The Balaban J connectivity index is 1.95. The van der Waals surface area contributed by atoms with E-state index in [2.05, 4.69) is 54.0 Å². The summed E-state index contributed by atoms with van der Waals surface area (Å²) in [5, 5.41) is 0. The van der Waals surface area contributed by atoms with E-state index in [9.17, 15) is 0 Å². The van der Waals surface area contributed by atoms with Crippen LogP contribution in [-0.4, -0.2) is 18.0 Å². The lowest BCUT2D eigenvalue weighted by Gasteiger charge is -2.23. The van der Waals surface area contributed by atoms with Crippen LogP contribution in [-0.2, 0) is 0 Å². The molecule has 0 aliphatic carbocycles. The molecule has 1 aromatic carbocycles. The quantitative estimate of drug-likeness (QED) is 0.530. The van der Waals surface area contributed by atoms with Gasteiger partial charge in [-0.2, -0.15) is 0 Å². The molecule has 1 saturated heterocycles. The Labute approximate surface area is 124 Å². The van der Waals surface area contributed by atoms with Crippen molar-refractivity contribution in [2.24, 2.45) is 0 Å². The van der Waals surface area contributed by atoms with Crippen molar-refractivity contribution in [1.82, 2.24) is 4.90 Å². The van der Waals surface area contributed by atoms with Gasteiger partial charge in [0.15, 0.2) is 0 Å². The fourth-order valence-corrected chi connectivity index (χ4v) is 2.83. The van der Waals surface area contributed by atoms with Crippen LogP contribution in [0.2, 0.25) is 0 Å². The summed E-state index contributed by atoms with van der Waals surface area (Å²) >= 11 is 0. The third-order valence-electron chi connectivity index (χ3n) is 4.02. The number of hydrogen-bond acceptors (Lipinski definition) is 1. The van der Waals surface area contributed by atoms with Crippen LogP contribution < -0.4 is 0 Å². The van der Waals surface area contributed by atoms with Crippen molar-refractivity contribution in [2.45, 2.75) is 57.9 Å². The molecule has 0 N–H and O–H groups in total. The van der Waals surface area contributed by atoms with E-state index in [1.54, 1.807) is 0 Å². The lowest BCUT2D eigenvalue weighted by Crippen LogP contribution is -2.24. The maximum absolute atomic E-state index is 3.53. The molecule has 0 bridgehead atoms. The van der Waals surface area contributed by atoms with E-state index in [0.717, 1.165) is 6.42 Å². The zero-order valence-corrected chi connectivity index (χ0v) is 12.8. The average molecular weight is 269 g/mol. The molecule has 1 aliphatic rings. The van der Waals surface area contributed by atoms with Crippen LogP contribution in [0.1, 0.15) is 63.5 Å². The van der Waals surface area contributed by atoms with Gasteiger partial charge in [0.1, 0.15) is 0 Å². The molecule has 0 spiro atoms. The lowest BCUT2D eigenvalue weighted by atomic mass is 10.1. The fraction of sp³-hybridized carbons (Fsp3) is 0.579. The second-order valence-electron chi connectivity index (χ2n) is 5.69. The van der Waals surface area contributed by atoms with Crippen LogP contribution >= 0.6 is 0 Å². The van der Waals surface area contributed by atoms with E-state index in [0.29, 0.717) is 6.04 Å². The highest BCUT2D eigenvalue weighted by molar-refractivity contribution is 5.27. The first-order valence-electron chi connectivity index (χ1n) is 8.19. The highest BCUT2D eigenvalue weighted by atomic mass is 15.2. The molecule has 1 unspecified atom stereocenters. The SMILES string of the molecule is CCCCCCC#CC(c1ccccc1)N1CCCC1. The summed E-state index contributed by atoms with van der Waals surface area (Å²) in [5.74, 6) is 6.96. The van der Waals surface area contributed by atoms with Gasteiger partial charge in [0, 0.05) is 6.42 Å². The summed E-state index contributed by atoms with van der Waals surface area (Å²) in [6, 6.07) is 11.1. The minimum atomic E-state index is 0.310. The number of likely N-dealkylation sites (tertiary alicyclic amines) is 1. The van der Waals surface area contributed by atoms with Crippen LogP contribution in [0.15, 0.2) is 30.3 Å². The van der Waals surface area contributed by atoms with E-state index < -0.39 is 0 Å². The molecular formula is C19H27N. The molecule has 1 aromatic rings. The molecule has 1 heteroatoms. The first kappa shape index (κ1) is 15.1. The molecular weight excluding hydrogens is 242 g/mol. The van der Waals surface area contributed by atoms with E-state index >= 15 is 0 Å². The molecule has 108 valence electrons. The van der Waals surface area contributed by atoms with Crippen molar-refractivity contribution in [2.75, 3.05) is 13.1 Å². The van der Waals surface area contributed by atoms with Gasteiger partial charge in [-0.1, -0.05) is 62.4 Å². The zero-order valence-electron chi connectivity index (χ0n) is 12.8. The second kappa shape index (κ2) is 8.82. The number of rotatable bonds is 6. The van der Waals surface area contributed by atoms with Gasteiger partial charge >= 0.3 is 0 Å². The Kier molecular flexibility index (Phi) is 6.68. The fourth-order valence-electron chi connectivity index (χ4n) is 2.83. The zero-order chi connectivity index (χ0) is 14.0. The van der Waals surface area contributed by atoms with Crippen LogP contribution in [0, 0.1) is 11.8 Å². The lowest BCUT2D eigenvalue weighted by molar-refractivity contribution is 0.296. The van der Waals surface area contributed by atoms with Gasteiger partial charge in [-0.3, -0.25) is 4.90 Å². The summed E-state index contributed by atoms with van der Waals surface area (Å²) in [6.07, 6.45) is 8.91. The van der Waals surface area contributed by atoms with Crippen molar-refractivity contribution < 1.29 is 0 Å². The average Bonchev–Trinajstić information content (AvgIpc) is 3.01. The number of benzene rings is 1. The van der Waals surface area contributed by atoms with Gasteiger partial charge in [-0.15, -0.1) is 5.92 Å². The Morgan fingerprint density at radius 1 is 1.05 bits per heavy atom. The summed E-state index contributed by atoms with van der Waals surface area (Å²) in [5.41, 5.74) is 1.36. The Morgan fingerprint density at radius 3 is 2.50 bits per heavy atom. The van der Waals surface area contributed by atoms with Gasteiger partial charge in [0.25, 0.3) is 0 Å². The highest BCUT2D eigenvalue weighted by Crippen LogP contribution is 2.24. The summed E-state index contributed by atoms with van der Waals surface area (Å²) < 4.78 is 0. The van der Waals surface area contributed by atoms with Crippen LogP contribution in [0.4, 0.5) is 0 Å². The molecule has 0 radical (unpaired) electrons. The smallest absolute Gasteiger partial charge is 0.0970 e. The van der Waals surface area contributed by atoms with Gasteiger partial charge in [-0.05, 0) is 37.9 Å².